The highest BCUT2D eigenvalue weighted by Gasteiger charge is 2.36. The largest absolute Gasteiger partial charge is 0.342 e. The van der Waals surface area contributed by atoms with Crippen molar-refractivity contribution in [1.29, 1.82) is 0 Å². The Labute approximate surface area is 78.9 Å². The second-order valence-electron chi connectivity index (χ2n) is 3.25. The first-order valence-electron chi connectivity index (χ1n) is 4.63. The van der Waals surface area contributed by atoms with E-state index in [1.165, 1.54) is 0 Å². The molecule has 0 aromatic heterocycles. The van der Waals surface area contributed by atoms with Crippen molar-refractivity contribution in [2.75, 3.05) is 13.1 Å². The lowest BCUT2D eigenvalue weighted by atomic mass is 10.2. The first-order valence-corrected chi connectivity index (χ1v) is 5.07. The lowest BCUT2D eigenvalue weighted by Gasteiger charge is -2.21. The van der Waals surface area contributed by atoms with Gasteiger partial charge in [-0.3, -0.25) is 4.79 Å². The molecule has 0 bridgehead atoms. The van der Waals surface area contributed by atoms with Crippen LogP contribution in [0.4, 0.5) is 0 Å². The van der Waals surface area contributed by atoms with Gasteiger partial charge < -0.3 is 4.90 Å². The number of carbonyl (C=O) groups excluding carboxylic acids is 1. The lowest BCUT2D eigenvalue weighted by Crippen LogP contribution is -2.37. The highest BCUT2D eigenvalue weighted by molar-refractivity contribution is 6.31. The third kappa shape index (κ3) is 2.13. The summed E-state index contributed by atoms with van der Waals surface area (Å²) in [6.45, 7) is 5.51. The molecule has 3 heteroatoms. The third-order valence-corrected chi connectivity index (χ3v) is 2.89. The van der Waals surface area contributed by atoms with Crippen molar-refractivity contribution in [3.8, 4) is 0 Å². The fraction of sp³-hybridized carbons (Fsp3) is 0.889. The SMILES string of the molecule is CCN(CC)C(=O)C(Cl)C1CC1. The van der Waals surface area contributed by atoms with Crippen LogP contribution in [0.3, 0.4) is 0 Å². The summed E-state index contributed by atoms with van der Waals surface area (Å²) in [5.74, 6) is 0.573. The maximum atomic E-state index is 11.6. The van der Waals surface area contributed by atoms with Crippen LogP contribution >= 0.6 is 11.6 Å². The quantitative estimate of drug-likeness (QED) is 0.619. The van der Waals surface area contributed by atoms with Crippen molar-refractivity contribution in [2.45, 2.75) is 32.1 Å². The number of alkyl halides is 1. The number of nitrogens with zero attached hydrogens (tertiary/aromatic N) is 1. The van der Waals surface area contributed by atoms with E-state index in [2.05, 4.69) is 0 Å². The van der Waals surface area contributed by atoms with Crippen LogP contribution in [0.15, 0.2) is 0 Å². The Kier molecular flexibility index (Phi) is 3.39. The summed E-state index contributed by atoms with van der Waals surface area (Å²) in [6.07, 6.45) is 2.25. The normalized spacial score (nSPS) is 18.9. The molecule has 1 aliphatic carbocycles. The molecule has 1 fully saturated rings. The van der Waals surface area contributed by atoms with Crippen LogP contribution < -0.4 is 0 Å². The van der Waals surface area contributed by atoms with Gasteiger partial charge in [-0.1, -0.05) is 0 Å². The summed E-state index contributed by atoms with van der Waals surface area (Å²) in [5, 5.41) is -0.259. The van der Waals surface area contributed by atoms with Crippen LogP contribution in [-0.4, -0.2) is 29.3 Å². The Balaban J connectivity index is 2.42. The molecule has 1 aliphatic rings. The molecule has 0 saturated heterocycles. The highest BCUT2D eigenvalue weighted by Crippen LogP contribution is 2.36. The van der Waals surface area contributed by atoms with Crippen molar-refractivity contribution in [1.82, 2.24) is 4.90 Å². The predicted molar refractivity (Wildman–Crippen MR) is 50.3 cm³/mol. The maximum Gasteiger partial charge on any atom is 0.240 e. The predicted octanol–water partition coefficient (Wildman–Crippen LogP) is 1.87. The Bertz CT molecular complexity index is 160. The van der Waals surface area contributed by atoms with Crippen molar-refractivity contribution < 1.29 is 4.79 Å². The second-order valence-corrected chi connectivity index (χ2v) is 3.72. The average molecular weight is 190 g/mol. The summed E-state index contributed by atoms with van der Waals surface area (Å²) in [4.78, 5) is 13.4. The number of amides is 1. The first kappa shape index (κ1) is 9.85. The molecular formula is C9H16ClNO. The minimum atomic E-state index is -0.259. The Morgan fingerprint density at radius 3 is 2.33 bits per heavy atom. The first-order chi connectivity index (χ1) is 5.70. The molecule has 1 unspecified atom stereocenters. The summed E-state index contributed by atoms with van der Waals surface area (Å²) in [7, 11) is 0. The van der Waals surface area contributed by atoms with Gasteiger partial charge in [0, 0.05) is 13.1 Å². The summed E-state index contributed by atoms with van der Waals surface area (Å²) < 4.78 is 0. The second kappa shape index (κ2) is 4.13. The van der Waals surface area contributed by atoms with Gasteiger partial charge in [-0.15, -0.1) is 11.6 Å². The van der Waals surface area contributed by atoms with E-state index in [0.717, 1.165) is 25.9 Å². The zero-order chi connectivity index (χ0) is 9.14. The molecule has 1 rings (SSSR count). The fourth-order valence-electron chi connectivity index (χ4n) is 1.30. The Morgan fingerprint density at radius 1 is 1.50 bits per heavy atom. The molecule has 0 aliphatic heterocycles. The third-order valence-electron chi connectivity index (χ3n) is 2.35. The molecule has 0 aromatic rings. The zero-order valence-electron chi connectivity index (χ0n) is 7.72. The standard InChI is InChI=1S/C9H16ClNO/c1-3-11(4-2)9(12)8(10)7-5-6-7/h7-8H,3-6H2,1-2H3. The minimum Gasteiger partial charge on any atom is -0.342 e. The molecule has 1 amide bonds. The van der Waals surface area contributed by atoms with Crippen molar-refractivity contribution in [3.63, 3.8) is 0 Å². The lowest BCUT2D eigenvalue weighted by molar-refractivity contribution is -0.130. The van der Waals surface area contributed by atoms with Crippen molar-refractivity contribution in [3.05, 3.63) is 0 Å². The minimum absolute atomic E-state index is 0.115. The molecular weight excluding hydrogens is 174 g/mol. The summed E-state index contributed by atoms with van der Waals surface area (Å²) in [5.41, 5.74) is 0. The molecule has 0 spiro atoms. The van der Waals surface area contributed by atoms with Gasteiger partial charge in [-0.05, 0) is 32.6 Å². The van der Waals surface area contributed by atoms with E-state index >= 15 is 0 Å². The van der Waals surface area contributed by atoms with Crippen LogP contribution in [0.5, 0.6) is 0 Å². The van der Waals surface area contributed by atoms with Gasteiger partial charge in [-0.25, -0.2) is 0 Å². The number of hydrogen-bond donors (Lipinski definition) is 0. The van der Waals surface area contributed by atoms with Gasteiger partial charge >= 0.3 is 0 Å². The van der Waals surface area contributed by atoms with Gasteiger partial charge in [0.15, 0.2) is 0 Å². The maximum absolute atomic E-state index is 11.6. The van der Waals surface area contributed by atoms with Gasteiger partial charge in [0.25, 0.3) is 0 Å². The monoisotopic (exact) mass is 189 g/mol. The Morgan fingerprint density at radius 2 is 2.00 bits per heavy atom. The van der Waals surface area contributed by atoms with Gasteiger partial charge in [-0.2, -0.15) is 0 Å². The van der Waals surface area contributed by atoms with Crippen molar-refractivity contribution >= 4 is 17.5 Å². The van der Waals surface area contributed by atoms with Crippen LogP contribution in [0.2, 0.25) is 0 Å². The molecule has 0 aromatic carbocycles. The molecule has 0 N–H and O–H groups in total. The Hall–Kier alpha value is -0.240. The molecule has 2 nitrogen and oxygen atoms in total. The summed E-state index contributed by atoms with van der Waals surface area (Å²) in [6, 6.07) is 0. The van der Waals surface area contributed by atoms with Gasteiger partial charge in [0.05, 0.1) is 0 Å². The number of hydrogen-bond acceptors (Lipinski definition) is 1. The van der Waals surface area contributed by atoms with E-state index in [-0.39, 0.29) is 11.3 Å². The molecule has 70 valence electrons. The summed E-state index contributed by atoms with van der Waals surface area (Å²) >= 11 is 5.99. The van der Waals surface area contributed by atoms with Gasteiger partial charge in [0.2, 0.25) is 5.91 Å². The highest BCUT2D eigenvalue weighted by atomic mass is 35.5. The molecule has 0 heterocycles. The van der Waals surface area contributed by atoms with E-state index in [9.17, 15) is 4.79 Å². The van der Waals surface area contributed by atoms with Crippen LogP contribution in [0.25, 0.3) is 0 Å². The molecule has 0 radical (unpaired) electrons. The molecule has 12 heavy (non-hydrogen) atoms. The van der Waals surface area contributed by atoms with Gasteiger partial charge in [0.1, 0.15) is 5.38 Å². The number of halogens is 1. The fourth-order valence-corrected chi connectivity index (χ4v) is 1.69. The van der Waals surface area contributed by atoms with E-state index in [4.69, 9.17) is 11.6 Å². The van der Waals surface area contributed by atoms with Crippen LogP contribution in [0.1, 0.15) is 26.7 Å². The molecule has 1 atom stereocenters. The number of rotatable bonds is 4. The smallest absolute Gasteiger partial charge is 0.240 e. The topological polar surface area (TPSA) is 20.3 Å². The van der Waals surface area contributed by atoms with E-state index in [1.54, 1.807) is 4.90 Å². The van der Waals surface area contributed by atoms with E-state index in [1.807, 2.05) is 13.8 Å². The van der Waals surface area contributed by atoms with Crippen molar-refractivity contribution in [2.24, 2.45) is 5.92 Å². The number of carbonyl (C=O) groups is 1. The zero-order valence-corrected chi connectivity index (χ0v) is 8.47. The van der Waals surface area contributed by atoms with Crippen LogP contribution in [-0.2, 0) is 4.79 Å². The molecule has 1 saturated carbocycles. The average Bonchev–Trinajstić information content (AvgIpc) is 2.87. The van der Waals surface area contributed by atoms with E-state index < -0.39 is 0 Å². The van der Waals surface area contributed by atoms with Crippen LogP contribution in [0, 0.1) is 5.92 Å². The van der Waals surface area contributed by atoms with E-state index in [0.29, 0.717) is 5.92 Å².